The highest BCUT2D eigenvalue weighted by molar-refractivity contribution is 5.83. The topological polar surface area (TPSA) is 59.9 Å². The van der Waals surface area contributed by atoms with Crippen LogP contribution in [0.3, 0.4) is 0 Å². The van der Waals surface area contributed by atoms with Gasteiger partial charge in [0.2, 0.25) is 5.91 Å². The van der Waals surface area contributed by atoms with Crippen LogP contribution in [0.25, 0.3) is 0 Å². The summed E-state index contributed by atoms with van der Waals surface area (Å²) in [6.45, 7) is 8.45. The van der Waals surface area contributed by atoms with Crippen molar-refractivity contribution in [1.29, 1.82) is 0 Å². The number of benzene rings is 1. The molecule has 1 aromatic rings. The molecule has 0 unspecified atom stereocenters. The van der Waals surface area contributed by atoms with Crippen LogP contribution < -0.4 is 5.32 Å². The van der Waals surface area contributed by atoms with E-state index in [1.807, 2.05) is 25.1 Å². The minimum Gasteiger partial charge on any atom is -0.481 e. The number of carbonyl (C=O) groups is 1. The molecule has 0 spiro atoms. The molecule has 1 aromatic carbocycles. The van der Waals surface area contributed by atoms with Crippen molar-refractivity contribution >= 4 is 11.8 Å². The average molecular weight is 356 g/mol. The fourth-order valence-corrected chi connectivity index (χ4v) is 2.92. The van der Waals surface area contributed by atoms with Gasteiger partial charge in [0.05, 0.1) is 19.3 Å². The lowest BCUT2D eigenvalue weighted by Crippen LogP contribution is -2.40. The van der Waals surface area contributed by atoms with Crippen molar-refractivity contribution in [3.05, 3.63) is 60.3 Å². The van der Waals surface area contributed by atoms with Crippen molar-refractivity contribution in [3.8, 4) is 0 Å². The van der Waals surface area contributed by atoms with E-state index in [-0.39, 0.29) is 17.9 Å². The molecule has 0 heterocycles. The second kappa shape index (κ2) is 9.92. The SMILES string of the molecule is C=C/C(=C\N=C(C)OCC)[C@H](COC)NC(=O)[C@H]1C[C@@H]1c1ccccc1. The molecular weight excluding hydrogens is 328 g/mol. The Balaban J connectivity index is 2.02. The van der Waals surface area contributed by atoms with E-state index in [0.717, 1.165) is 12.0 Å². The Hall–Kier alpha value is -2.40. The molecule has 0 bridgehead atoms. The molecule has 26 heavy (non-hydrogen) atoms. The Morgan fingerprint density at radius 3 is 2.77 bits per heavy atom. The van der Waals surface area contributed by atoms with Gasteiger partial charge in [0.15, 0.2) is 5.90 Å². The molecular formula is C21H28N2O3. The number of methoxy groups -OCH3 is 1. The molecule has 140 valence electrons. The summed E-state index contributed by atoms with van der Waals surface area (Å²) >= 11 is 0. The summed E-state index contributed by atoms with van der Waals surface area (Å²) < 4.78 is 10.6. The van der Waals surface area contributed by atoms with Gasteiger partial charge in [0.25, 0.3) is 0 Å². The highest BCUT2D eigenvalue weighted by atomic mass is 16.5. The molecule has 5 nitrogen and oxygen atoms in total. The number of nitrogens with zero attached hydrogens (tertiary/aromatic N) is 1. The van der Waals surface area contributed by atoms with Crippen molar-refractivity contribution in [2.45, 2.75) is 32.2 Å². The zero-order valence-corrected chi connectivity index (χ0v) is 15.8. The first-order valence-corrected chi connectivity index (χ1v) is 8.94. The van der Waals surface area contributed by atoms with Gasteiger partial charge in [0, 0.05) is 26.2 Å². The van der Waals surface area contributed by atoms with Crippen LogP contribution >= 0.6 is 0 Å². The van der Waals surface area contributed by atoms with Gasteiger partial charge in [-0.25, -0.2) is 4.99 Å². The minimum absolute atomic E-state index is 0.0106. The van der Waals surface area contributed by atoms with Crippen LogP contribution in [0.15, 0.2) is 59.8 Å². The zero-order chi connectivity index (χ0) is 18.9. The summed E-state index contributed by atoms with van der Waals surface area (Å²) in [5, 5.41) is 3.07. The van der Waals surface area contributed by atoms with Gasteiger partial charge in [0.1, 0.15) is 0 Å². The first-order chi connectivity index (χ1) is 12.6. The molecule has 1 N–H and O–H groups in total. The Morgan fingerprint density at radius 2 is 2.15 bits per heavy atom. The first kappa shape index (κ1) is 19.9. The van der Waals surface area contributed by atoms with Gasteiger partial charge >= 0.3 is 0 Å². The monoisotopic (exact) mass is 356 g/mol. The maximum absolute atomic E-state index is 12.6. The van der Waals surface area contributed by atoms with Crippen molar-refractivity contribution < 1.29 is 14.3 Å². The lowest BCUT2D eigenvalue weighted by atomic mass is 10.1. The summed E-state index contributed by atoms with van der Waals surface area (Å²) in [6.07, 6.45) is 4.24. The number of nitrogens with one attached hydrogen (secondary N) is 1. The lowest BCUT2D eigenvalue weighted by molar-refractivity contribution is -0.123. The van der Waals surface area contributed by atoms with E-state index in [2.05, 4.69) is 29.0 Å². The Bertz CT molecular complexity index is 667. The molecule has 1 saturated carbocycles. The molecule has 0 aliphatic heterocycles. The Labute approximate surface area is 155 Å². The summed E-state index contributed by atoms with van der Waals surface area (Å²) in [7, 11) is 1.61. The third-order valence-corrected chi connectivity index (χ3v) is 4.39. The van der Waals surface area contributed by atoms with Gasteiger partial charge in [-0.2, -0.15) is 0 Å². The maximum atomic E-state index is 12.6. The van der Waals surface area contributed by atoms with Crippen LogP contribution in [0.4, 0.5) is 0 Å². The van der Waals surface area contributed by atoms with Gasteiger partial charge in [-0.1, -0.05) is 43.0 Å². The van der Waals surface area contributed by atoms with Crippen LogP contribution in [0.1, 0.15) is 31.7 Å². The first-order valence-electron chi connectivity index (χ1n) is 8.94. The molecule has 0 saturated heterocycles. The Kier molecular flexibility index (Phi) is 7.60. The minimum atomic E-state index is -0.291. The fourth-order valence-electron chi connectivity index (χ4n) is 2.92. The van der Waals surface area contributed by atoms with Gasteiger partial charge in [-0.3, -0.25) is 4.79 Å². The van der Waals surface area contributed by atoms with E-state index in [1.54, 1.807) is 26.3 Å². The highest BCUT2D eigenvalue weighted by Crippen LogP contribution is 2.47. The second-order valence-electron chi connectivity index (χ2n) is 6.29. The molecule has 3 atom stereocenters. The van der Waals surface area contributed by atoms with E-state index in [4.69, 9.17) is 9.47 Å². The van der Waals surface area contributed by atoms with Gasteiger partial charge in [-0.05, 0) is 30.4 Å². The normalized spacial score (nSPS) is 21.0. The Morgan fingerprint density at radius 1 is 1.42 bits per heavy atom. The van der Waals surface area contributed by atoms with E-state index in [1.165, 1.54) is 5.56 Å². The molecule has 1 amide bonds. The number of hydrogen-bond acceptors (Lipinski definition) is 4. The molecule has 5 heteroatoms. The van der Waals surface area contributed by atoms with E-state index in [0.29, 0.717) is 25.0 Å². The molecule has 0 aromatic heterocycles. The number of rotatable bonds is 9. The smallest absolute Gasteiger partial charge is 0.224 e. The molecule has 1 fully saturated rings. The summed E-state index contributed by atoms with van der Waals surface area (Å²) in [5.74, 6) is 0.921. The third-order valence-electron chi connectivity index (χ3n) is 4.39. The molecule has 1 aliphatic rings. The maximum Gasteiger partial charge on any atom is 0.224 e. The highest BCUT2D eigenvalue weighted by Gasteiger charge is 2.44. The number of hydrogen-bond donors (Lipinski definition) is 1. The number of carbonyl (C=O) groups excluding carboxylic acids is 1. The summed E-state index contributed by atoms with van der Waals surface area (Å²) in [5.41, 5.74) is 2.00. The third kappa shape index (κ3) is 5.56. The molecule has 0 radical (unpaired) electrons. The van der Waals surface area contributed by atoms with Gasteiger partial charge in [-0.15, -0.1) is 0 Å². The van der Waals surface area contributed by atoms with Crippen molar-refractivity contribution in [1.82, 2.24) is 5.32 Å². The summed E-state index contributed by atoms with van der Waals surface area (Å²) in [6, 6.07) is 9.86. The van der Waals surface area contributed by atoms with Crippen LogP contribution in [0, 0.1) is 5.92 Å². The lowest BCUT2D eigenvalue weighted by Gasteiger charge is -2.19. The summed E-state index contributed by atoms with van der Waals surface area (Å²) in [4.78, 5) is 16.9. The quantitative estimate of drug-likeness (QED) is 0.419. The number of amides is 1. The van der Waals surface area contributed by atoms with Crippen LogP contribution in [0.2, 0.25) is 0 Å². The van der Waals surface area contributed by atoms with Crippen LogP contribution in [-0.2, 0) is 14.3 Å². The van der Waals surface area contributed by atoms with E-state index < -0.39 is 0 Å². The van der Waals surface area contributed by atoms with Crippen LogP contribution in [-0.4, -0.2) is 38.2 Å². The van der Waals surface area contributed by atoms with Crippen molar-refractivity contribution in [2.24, 2.45) is 10.9 Å². The van der Waals surface area contributed by atoms with E-state index >= 15 is 0 Å². The average Bonchev–Trinajstić information content (AvgIpc) is 3.44. The van der Waals surface area contributed by atoms with Gasteiger partial charge < -0.3 is 14.8 Å². The zero-order valence-electron chi connectivity index (χ0n) is 15.8. The molecule has 1 aliphatic carbocycles. The predicted octanol–water partition coefficient (Wildman–Crippen LogP) is 3.45. The second-order valence-corrected chi connectivity index (χ2v) is 6.29. The van der Waals surface area contributed by atoms with Crippen molar-refractivity contribution in [2.75, 3.05) is 20.3 Å². The van der Waals surface area contributed by atoms with Crippen LogP contribution in [0.5, 0.6) is 0 Å². The predicted molar refractivity (Wildman–Crippen MR) is 104 cm³/mol. The largest absolute Gasteiger partial charge is 0.481 e. The number of aliphatic imine (C=N–C) groups is 1. The number of ether oxygens (including phenoxy) is 2. The van der Waals surface area contributed by atoms with E-state index in [9.17, 15) is 4.79 Å². The van der Waals surface area contributed by atoms with Crippen molar-refractivity contribution in [3.63, 3.8) is 0 Å². The fraction of sp³-hybridized carbons (Fsp3) is 0.429. The molecule has 2 rings (SSSR count). The standard InChI is InChI=1S/C21H28N2O3/c1-5-16(13-22-15(3)26-6-2)20(14-25-4)23-21(24)19-12-18(19)17-10-8-7-9-11-17/h5,7-11,13,18-20H,1,6,12,14H2,2-4H3,(H,23,24)/b16-13+,22-15?/t18-,19+,20+/m1/s1.